The van der Waals surface area contributed by atoms with Crippen molar-refractivity contribution in [3.05, 3.63) is 23.8 Å². The van der Waals surface area contributed by atoms with Gasteiger partial charge in [0.1, 0.15) is 0 Å². The minimum absolute atomic E-state index is 0. The molecule has 0 atom stereocenters. The van der Waals surface area contributed by atoms with Gasteiger partial charge in [-0.2, -0.15) is 8.78 Å². The lowest BCUT2D eigenvalue weighted by Gasteiger charge is -2.11. The van der Waals surface area contributed by atoms with Crippen molar-refractivity contribution in [3.63, 3.8) is 0 Å². The van der Waals surface area contributed by atoms with E-state index in [9.17, 15) is 8.78 Å². The highest BCUT2D eigenvalue weighted by atomic mass is 35.5. The number of ether oxygens (including phenoxy) is 1. The van der Waals surface area contributed by atoms with Crippen molar-refractivity contribution in [2.24, 2.45) is 5.73 Å². The van der Waals surface area contributed by atoms with E-state index < -0.39 is 11.6 Å². The second-order valence-corrected chi connectivity index (χ2v) is 2.51. The van der Waals surface area contributed by atoms with E-state index in [0.29, 0.717) is 0 Å². The van der Waals surface area contributed by atoms with Crippen LogP contribution in [0.1, 0.15) is 5.56 Å². The van der Waals surface area contributed by atoms with Crippen molar-refractivity contribution in [2.75, 3.05) is 7.11 Å². The fraction of sp³-hybridized carbons (Fsp3) is 0.250. The van der Waals surface area contributed by atoms with Crippen LogP contribution in [0.2, 0.25) is 0 Å². The van der Waals surface area contributed by atoms with Crippen LogP contribution in [0.3, 0.4) is 0 Å². The van der Waals surface area contributed by atoms with E-state index >= 15 is 0 Å². The molecule has 0 unspecified atom stereocenters. The van der Waals surface area contributed by atoms with E-state index in [2.05, 4.69) is 10.5 Å². The van der Waals surface area contributed by atoms with Crippen LogP contribution >= 0.6 is 12.4 Å². The Morgan fingerprint density at radius 2 is 2.00 bits per heavy atom. The van der Waals surface area contributed by atoms with Crippen molar-refractivity contribution >= 4 is 12.4 Å². The topological polar surface area (TPSA) is 55.5 Å². The van der Waals surface area contributed by atoms with Crippen molar-refractivity contribution in [1.29, 1.82) is 0 Å². The Morgan fingerprint density at radius 1 is 1.43 bits per heavy atom. The first-order valence-electron chi connectivity index (χ1n) is 3.49. The van der Waals surface area contributed by atoms with Gasteiger partial charge in [0.05, 0.1) is 7.11 Å². The van der Waals surface area contributed by atoms with Gasteiger partial charge in [0.15, 0.2) is 11.5 Å². The van der Waals surface area contributed by atoms with Gasteiger partial charge in [-0.25, -0.2) is 0 Å². The Balaban J connectivity index is 0.00000169. The zero-order valence-electron chi connectivity index (χ0n) is 7.33. The molecule has 1 aromatic carbocycles. The SMILES string of the molecule is COc1ccc(C(N)(F)F)cc1O.Cl. The second kappa shape index (κ2) is 4.43. The Bertz CT molecular complexity index is 315. The standard InChI is InChI=1S/C8H9F2NO2.ClH/c1-13-7-3-2-5(4-6(7)12)8(9,10)11;/h2-4,12H,11H2,1H3;1H. The van der Waals surface area contributed by atoms with Crippen LogP contribution in [0, 0.1) is 0 Å². The normalized spacial score (nSPS) is 10.6. The molecule has 3 nitrogen and oxygen atoms in total. The number of aromatic hydroxyl groups is 1. The minimum Gasteiger partial charge on any atom is -0.504 e. The summed E-state index contributed by atoms with van der Waals surface area (Å²) in [6.45, 7) is 0. The van der Waals surface area contributed by atoms with E-state index in [-0.39, 0.29) is 23.9 Å². The van der Waals surface area contributed by atoms with Gasteiger partial charge in [-0.1, -0.05) is 0 Å². The summed E-state index contributed by atoms with van der Waals surface area (Å²) >= 11 is 0. The molecule has 0 aliphatic rings. The minimum atomic E-state index is -3.44. The number of hydrogen-bond donors (Lipinski definition) is 2. The summed E-state index contributed by atoms with van der Waals surface area (Å²) in [5, 5.41) is 9.14. The highest BCUT2D eigenvalue weighted by molar-refractivity contribution is 5.85. The third-order valence-corrected chi connectivity index (χ3v) is 1.56. The van der Waals surface area contributed by atoms with E-state index in [4.69, 9.17) is 5.11 Å². The Morgan fingerprint density at radius 3 is 2.36 bits per heavy atom. The molecule has 1 aromatic rings. The highest BCUT2D eigenvalue weighted by Crippen LogP contribution is 2.31. The van der Waals surface area contributed by atoms with Crippen LogP contribution in [-0.2, 0) is 6.05 Å². The zero-order chi connectivity index (χ0) is 10.1. The van der Waals surface area contributed by atoms with Gasteiger partial charge in [-0.3, -0.25) is 5.73 Å². The molecule has 0 bridgehead atoms. The Hall–Kier alpha value is -1.07. The fourth-order valence-electron chi connectivity index (χ4n) is 0.897. The predicted octanol–water partition coefficient (Wildman–Crippen LogP) is 1.83. The number of alkyl halides is 2. The number of benzene rings is 1. The lowest BCUT2D eigenvalue weighted by Crippen LogP contribution is -2.24. The van der Waals surface area contributed by atoms with Crippen LogP contribution in [0.4, 0.5) is 8.78 Å². The van der Waals surface area contributed by atoms with E-state index in [1.165, 1.54) is 13.2 Å². The molecule has 0 spiro atoms. The summed E-state index contributed by atoms with van der Waals surface area (Å²) in [7, 11) is 1.33. The number of halogens is 3. The molecule has 80 valence electrons. The van der Waals surface area contributed by atoms with Crippen LogP contribution in [0.15, 0.2) is 18.2 Å². The first-order chi connectivity index (χ1) is 5.95. The molecule has 0 aromatic heterocycles. The first kappa shape index (κ1) is 12.9. The first-order valence-corrected chi connectivity index (χ1v) is 3.49. The van der Waals surface area contributed by atoms with Gasteiger partial charge in [-0.15, -0.1) is 12.4 Å². The summed E-state index contributed by atoms with van der Waals surface area (Å²) in [4.78, 5) is 0. The molecule has 1 rings (SSSR count). The molecule has 0 fully saturated rings. The second-order valence-electron chi connectivity index (χ2n) is 2.51. The van der Waals surface area contributed by atoms with E-state index in [0.717, 1.165) is 12.1 Å². The molecule has 3 N–H and O–H groups in total. The van der Waals surface area contributed by atoms with Crippen LogP contribution in [0.5, 0.6) is 11.5 Å². The number of rotatable bonds is 2. The number of phenolic OH excluding ortho intramolecular Hbond substituents is 1. The third kappa shape index (κ3) is 2.71. The predicted molar refractivity (Wildman–Crippen MR) is 50.0 cm³/mol. The largest absolute Gasteiger partial charge is 0.504 e. The number of hydrogen-bond acceptors (Lipinski definition) is 3. The molecule has 6 heteroatoms. The number of nitrogens with two attached hydrogens (primary N) is 1. The molecule has 0 aliphatic carbocycles. The van der Waals surface area contributed by atoms with Gasteiger partial charge < -0.3 is 9.84 Å². The summed E-state index contributed by atoms with van der Waals surface area (Å²) in [6, 6.07) is -0.243. The van der Waals surface area contributed by atoms with Gasteiger partial charge in [0.25, 0.3) is 0 Å². The van der Waals surface area contributed by atoms with Crippen LogP contribution < -0.4 is 10.5 Å². The maximum Gasteiger partial charge on any atom is 0.327 e. The van der Waals surface area contributed by atoms with Crippen molar-refractivity contribution in [1.82, 2.24) is 0 Å². The van der Waals surface area contributed by atoms with Crippen molar-refractivity contribution < 1.29 is 18.6 Å². The van der Waals surface area contributed by atoms with Crippen LogP contribution in [0.25, 0.3) is 0 Å². The van der Waals surface area contributed by atoms with Gasteiger partial charge in [-0.05, 0) is 18.2 Å². The maximum atomic E-state index is 12.5. The molecular formula is C8H10ClF2NO2. The third-order valence-electron chi connectivity index (χ3n) is 1.56. The quantitative estimate of drug-likeness (QED) is 0.755. The fourth-order valence-corrected chi connectivity index (χ4v) is 0.897. The van der Waals surface area contributed by atoms with Crippen molar-refractivity contribution in [3.8, 4) is 11.5 Å². The Labute approximate surface area is 85.9 Å². The molecule has 0 aliphatic heterocycles. The average molecular weight is 226 g/mol. The molecule has 0 amide bonds. The molecule has 14 heavy (non-hydrogen) atoms. The van der Waals surface area contributed by atoms with Gasteiger partial charge >= 0.3 is 6.05 Å². The number of phenols is 1. The lowest BCUT2D eigenvalue weighted by molar-refractivity contribution is 0.00273. The maximum absolute atomic E-state index is 12.5. The monoisotopic (exact) mass is 225 g/mol. The molecule has 0 radical (unpaired) electrons. The molecule has 0 saturated carbocycles. The molecule has 0 heterocycles. The van der Waals surface area contributed by atoms with E-state index in [1.54, 1.807) is 0 Å². The van der Waals surface area contributed by atoms with Crippen LogP contribution in [-0.4, -0.2) is 12.2 Å². The lowest BCUT2D eigenvalue weighted by atomic mass is 10.2. The smallest absolute Gasteiger partial charge is 0.327 e. The molecular weight excluding hydrogens is 216 g/mol. The van der Waals surface area contributed by atoms with Gasteiger partial charge in [0, 0.05) is 5.56 Å². The zero-order valence-corrected chi connectivity index (χ0v) is 8.15. The summed E-state index contributed by atoms with van der Waals surface area (Å²) in [5.41, 5.74) is 4.08. The average Bonchev–Trinajstić information content (AvgIpc) is 2.02. The van der Waals surface area contributed by atoms with Crippen molar-refractivity contribution in [2.45, 2.75) is 6.05 Å². The molecule has 0 saturated heterocycles. The van der Waals surface area contributed by atoms with E-state index in [1.807, 2.05) is 0 Å². The highest BCUT2D eigenvalue weighted by Gasteiger charge is 2.25. The Kier molecular flexibility index (Phi) is 4.09. The number of methoxy groups -OCH3 is 1. The summed E-state index contributed by atoms with van der Waals surface area (Å²) < 4.78 is 29.7. The summed E-state index contributed by atoms with van der Waals surface area (Å²) in [5.74, 6) is -0.224. The van der Waals surface area contributed by atoms with Gasteiger partial charge in [0.2, 0.25) is 0 Å². The summed E-state index contributed by atoms with van der Waals surface area (Å²) in [6.07, 6.45) is 0.